The summed E-state index contributed by atoms with van der Waals surface area (Å²) in [6, 6.07) is 7.44. The summed E-state index contributed by atoms with van der Waals surface area (Å²) >= 11 is 2.22. The lowest BCUT2D eigenvalue weighted by molar-refractivity contribution is 0.252. The molecule has 2 rings (SSSR count). The number of anilines is 1. The van der Waals surface area contributed by atoms with Crippen LogP contribution >= 0.6 is 23.5 Å². The average molecular weight is 316 g/mol. The van der Waals surface area contributed by atoms with Crippen LogP contribution in [0.2, 0.25) is 0 Å². The second-order valence-corrected chi connectivity index (χ2v) is 7.07. The number of halogens is 2. The highest BCUT2D eigenvalue weighted by Crippen LogP contribution is 2.33. The van der Waals surface area contributed by atoms with Gasteiger partial charge in [0.2, 0.25) is 0 Å². The van der Waals surface area contributed by atoms with E-state index in [0.717, 1.165) is 17.3 Å². The Morgan fingerprint density at radius 1 is 1.40 bits per heavy atom. The second kappa shape index (κ2) is 7.31. The molecule has 0 saturated carbocycles. The molecule has 0 amide bonds. The molecule has 110 valence electrons. The van der Waals surface area contributed by atoms with Crippen molar-refractivity contribution in [3.8, 4) is 0 Å². The first-order chi connectivity index (χ1) is 9.54. The van der Waals surface area contributed by atoms with Crippen LogP contribution in [0.15, 0.2) is 34.2 Å². The Kier molecular flexibility index (Phi) is 5.72. The van der Waals surface area contributed by atoms with Crippen molar-refractivity contribution in [3.05, 3.63) is 24.3 Å². The maximum Gasteiger partial charge on any atom is 0.288 e. The van der Waals surface area contributed by atoms with Crippen LogP contribution in [0.5, 0.6) is 0 Å². The summed E-state index contributed by atoms with van der Waals surface area (Å²) in [5, 5.41) is 4.01. The SMILES string of the molecule is CC(C)CC1CSC(Nc2ccccc2SC(F)F)=N1. The maximum absolute atomic E-state index is 12.5. The fraction of sp³-hybridized carbons (Fsp3) is 0.500. The number of thioether (sulfide) groups is 2. The highest BCUT2D eigenvalue weighted by Gasteiger charge is 2.20. The Balaban J connectivity index is 2.03. The Labute approximate surface area is 126 Å². The topological polar surface area (TPSA) is 24.4 Å². The highest BCUT2D eigenvalue weighted by atomic mass is 32.2. The van der Waals surface area contributed by atoms with Crippen LogP contribution in [-0.2, 0) is 0 Å². The molecule has 2 nitrogen and oxygen atoms in total. The highest BCUT2D eigenvalue weighted by molar-refractivity contribution is 8.14. The van der Waals surface area contributed by atoms with Crippen molar-refractivity contribution in [2.24, 2.45) is 10.9 Å². The Morgan fingerprint density at radius 2 is 2.15 bits per heavy atom. The van der Waals surface area contributed by atoms with E-state index in [4.69, 9.17) is 0 Å². The summed E-state index contributed by atoms with van der Waals surface area (Å²) in [6.45, 7) is 4.36. The van der Waals surface area contributed by atoms with Gasteiger partial charge in [-0.1, -0.05) is 49.5 Å². The van der Waals surface area contributed by atoms with Gasteiger partial charge in [0.05, 0.1) is 11.7 Å². The van der Waals surface area contributed by atoms with Gasteiger partial charge < -0.3 is 5.32 Å². The Morgan fingerprint density at radius 3 is 2.85 bits per heavy atom. The first-order valence-electron chi connectivity index (χ1n) is 6.56. The first kappa shape index (κ1) is 15.6. The van der Waals surface area contributed by atoms with Crippen molar-refractivity contribution < 1.29 is 8.78 Å². The number of hydrogen-bond acceptors (Lipinski definition) is 4. The zero-order chi connectivity index (χ0) is 14.5. The monoisotopic (exact) mass is 316 g/mol. The third-order valence-corrected chi connectivity index (χ3v) is 4.62. The van der Waals surface area contributed by atoms with Gasteiger partial charge >= 0.3 is 0 Å². The molecule has 1 aromatic carbocycles. The van der Waals surface area contributed by atoms with E-state index in [1.807, 2.05) is 12.1 Å². The summed E-state index contributed by atoms with van der Waals surface area (Å²) in [4.78, 5) is 5.17. The molecular formula is C14H18F2N2S2. The first-order valence-corrected chi connectivity index (χ1v) is 8.42. The molecule has 1 N–H and O–H groups in total. The van der Waals surface area contributed by atoms with E-state index in [1.165, 1.54) is 0 Å². The number of amidine groups is 1. The third-order valence-electron chi connectivity index (χ3n) is 2.80. The van der Waals surface area contributed by atoms with Gasteiger partial charge in [-0.15, -0.1) is 0 Å². The standard InChI is InChI=1S/C14H18F2N2S2/c1-9(2)7-10-8-19-14(17-10)18-11-5-3-4-6-12(11)20-13(15)16/h3-6,9-10,13H,7-8H2,1-2H3,(H,17,18). The van der Waals surface area contributed by atoms with E-state index in [0.29, 0.717) is 34.3 Å². The molecule has 0 fully saturated rings. The van der Waals surface area contributed by atoms with Crippen LogP contribution in [0.1, 0.15) is 20.3 Å². The van der Waals surface area contributed by atoms with Crippen molar-refractivity contribution in [1.82, 2.24) is 0 Å². The van der Waals surface area contributed by atoms with E-state index < -0.39 is 5.76 Å². The summed E-state index contributed by atoms with van der Waals surface area (Å²) in [5.74, 6) is -0.833. The molecule has 0 aromatic heterocycles. The smallest absolute Gasteiger partial charge is 0.288 e. The zero-order valence-electron chi connectivity index (χ0n) is 11.5. The number of para-hydroxylation sites is 1. The molecule has 1 unspecified atom stereocenters. The number of benzene rings is 1. The second-order valence-electron chi connectivity index (χ2n) is 5.03. The van der Waals surface area contributed by atoms with E-state index in [2.05, 4.69) is 24.2 Å². The minimum absolute atomic E-state index is 0.331. The maximum atomic E-state index is 12.5. The Hall–Kier alpha value is -0.750. The van der Waals surface area contributed by atoms with Crippen molar-refractivity contribution in [3.63, 3.8) is 0 Å². The quantitative estimate of drug-likeness (QED) is 0.779. The molecule has 1 heterocycles. The van der Waals surface area contributed by atoms with E-state index in [1.54, 1.807) is 23.9 Å². The van der Waals surface area contributed by atoms with Crippen LogP contribution in [-0.4, -0.2) is 22.7 Å². The molecular weight excluding hydrogens is 298 g/mol. The van der Waals surface area contributed by atoms with Gasteiger partial charge in [0, 0.05) is 10.6 Å². The predicted octanol–water partition coefficient (Wildman–Crippen LogP) is 4.93. The number of alkyl halides is 2. The molecule has 6 heteroatoms. The molecule has 1 atom stereocenters. The predicted molar refractivity (Wildman–Crippen MR) is 85.1 cm³/mol. The van der Waals surface area contributed by atoms with E-state index >= 15 is 0 Å². The molecule has 1 aliphatic rings. The zero-order valence-corrected chi connectivity index (χ0v) is 13.1. The fourth-order valence-electron chi connectivity index (χ4n) is 2.03. The number of hydrogen-bond donors (Lipinski definition) is 1. The van der Waals surface area contributed by atoms with Crippen LogP contribution in [0.25, 0.3) is 0 Å². The molecule has 0 spiro atoms. The lowest BCUT2D eigenvalue weighted by Crippen LogP contribution is -2.08. The van der Waals surface area contributed by atoms with Gasteiger partial charge in [0.15, 0.2) is 5.17 Å². The van der Waals surface area contributed by atoms with Crippen molar-refractivity contribution in [2.75, 3.05) is 11.1 Å². The van der Waals surface area contributed by atoms with Gasteiger partial charge in [-0.3, -0.25) is 4.99 Å². The van der Waals surface area contributed by atoms with Crippen LogP contribution in [0, 0.1) is 5.92 Å². The van der Waals surface area contributed by atoms with E-state index in [-0.39, 0.29) is 0 Å². The molecule has 0 saturated heterocycles. The molecule has 1 aromatic rings. The number of nitrogens with zero attached hydrogens (tertiary/aromatic N) is 1. The van der Waals surface area contributed by atoms with Crippen LogP contribution in [0.3, 0.4) is 0 Å². The fourth-order valence-corrected chi connectivity index (χ4v) is 3.59. The summed E-state index contributed by atoms with van der Waals surface area (Å²) in [6.07, 6.45) is 1.06. The molecule has 0 aliphatic carbocycles. The summed E-state index contributed by atoms with van der Waals surface area (Å²) in [7, 11) is 0. The molecule has 1 aliphatic heterocycles. The lowest BCUT2D eigenvalue weighted by Gasteiger charge is -2.10. The number of aliphatic imine (C=N–C) groups is 1. The van der Waals surface area contributed by atoms with Crippen molar-refractivity contribution >= 4 is 34.4 Å². The van der Waals surface area contributed by atoms with Gasteiger partial charge in [-0.25, -0.2) is 0 Å². The minimum Gasteiger partial charge on any atom is -0.334 e. The number of nitrogens with one attached hydrogen (secondary N) is 1. The molecule has 0 bridgehead atoms. The summed E-state index contributed by atoms with van der Waals surface area (Å²) < 4.78 is 25.0. The minimum atomic E-state index is -2.41. The molecule has 20 heavy (non-hydrogen) atoms. The summed E-state index contributed by atoms with van der Waals surface area (Å²) in [5.41, 5.74) is 0.703. The Bertz CT molecular complexity index is 478. The van der Waals surface area contributed by atoms with Gasteiger partial charge in [-0.2, -0.15) is 8.78 Å². The largest absolute Gasteiger partial charge is 0.334 e. The van der Waals surface area contributed by atoms with Gasteiger partial charge in [0.1, 0.15) is 0 Å². The van der Waals surface area contributed by atoms with Crippen LogP contribution in [0.4, 0.5) is 14.5 Å². The van der Waals surface area contributed by atoms with Crippen molar-refractivity contribution in [1.29, 1.82) is 0 Å². The average Bonchev–Trinajstić information content (AvgIpc) is 2.77. The molecule has 0 radical (unpaired) electrons. The van der Waals surface area contributed by atoms with Crippen LogP contribution < -0.4 is 5.32 Å². The van der Waals surface area contributed by atoms with Crippen molar-refractivity contribution in [2.45, 2.75) is 37.0 Å². The van der Waals surface area contributed by atoms with Gasteiger partial charge in [0.25, 0.3) is 5.76 Å². The normalized spacial score (nSPS) is 18.7. The lowest BCUT2D eigenvalue weighted by atomic mass is 10.1. The number of rotatable bonds is 5. The third kappa shape index (κ3) is 4.66. The van der Waals surface area contributed by atoms with Gasteiger partial charge in [-0.05, 0) is 24.5 Å². The van der Waals surface area contributed by atoms with E-state index in [9.17, 15) is 8.78 Å².